The second-order valence-corrected chi connectivity index (χ2v) is 5.19. The van der Waals surface area contributed by atoms with E-state index in [4.69, 9.17) is 17.3 Å². The molecule has 2 N–H and O–H groups in total. The van der Waals surface area contributed by atoms with Crippen molar-refractivity contribution >= 4 is 39.0 Å². The van der Waals surface area contributed by atoms with Gasteiger partial charge in [0.15, 0.2) is 5.78 Å². The predicted molar refractivity (Wildman–Crippen MR) is 75.8 cm³/mol. The van der Waals surface area contributed by atoms with Crippen molar-refractivity contribution in [2.45, 2.75) is 6.42 Å². The molecule has 2 rings (SSSR count). The van der Waals surface area contributed by atoms with E-state index in [0.717, 1.165) is 4.47 Å². The summed E-state index contributed by atoms with van der Waals surface area (Å²) < 4.78 is 0.880. The van der Waals surface area contributed by atoms with E-state index in [1.54, 1.807) is 30.5 Å². The Labute approximate surface area is 118 Å². The van der Waals surface area contributed by atoms with Gasteiger partial charge in [0.05, 0.1) is 6.42 Å². The van der Waals surface area contributed by atoms with Crippen molar-refractivity contribution in [2.75, 3.05) is 5.73 Å². The largest absolute Gasteiger partial charge is 0.399 e. The number of benzene rings is 1. The van der Waals surface area contributed by atoms with Crippen LogP contribution in [0.25, 0.3) is 0 Å². The Hall–Kier alpha value is -1.39. The summed E-state index contributed by atoms with van der Waals surface area (Å²) in [5.74, 6) is -0.0565. The highest BCUT2D eigenvalue weighted by molar-refractivity contribution is 9.10. The number of ketones is 1. The van der Waals surface area contributed by atoms with Gasteiger partial charge < -0.3 is 5.73 Å². The number of aromatic nitrogens is 1. The van der Waals surface area contributed by atoms with E-state index in [-0.39, 0.29) is 12.2 Å². The minimum Gasteiger partial charge on any atom is -0.399 e. The van der Waals surface area contributed by atoms with E-state index < -0.39 is 0 Å². The standard InChI is InChI=1S/C13H10BrClN2O/c14-9-1-2-12(17-7-9)6-13(18)8-3-10(15)5-11(16)4-8/h1-5,7H,6,16H2. The van der Waals surface area contributed by atoms with E-state index in [1.165, 1.54) is 0 Å². The van der Waals surface area contributed by atoms with E-state index in [9.17, 15) is 4.79 Å². The van der Waals surface area contributed by atoms with Crippen molar-refractivity contribution in [1.29, 1.82) is 0 Å². The van der Waals surface area contributed by atoms with Gasteiger partial charge in [-0.25, -0.2) is 0 Å². The number of carbonyl (C=O) groups excluding carboxylic acids is 1. The zero-order valence-electron chi connectivity index (χ0n) is 9.36. The lowest BCUT2D eigenvalue weighted by molar-refractivity contribution is 0.0992. The molecule has 2 aromatic rings. The molecule has 0 atom stereocenters. The van der Waals surface area contributed by atoms with Crippen molar-refractivity contribution in [1.82, 2.24) is 4.98 Å². The second-order valence-electron chi connectivity index (χ2n) is 3.84. The van der Waals surface area contributed by atoms with Gasteiger partial charge in [0.2, 0.25) is 0 Å². The number of rotatable bonds is 3. The van der Waals surface area contributed by atoms with Crippen molar-refractivity contribution in [3.63, 3.8) is 0 Å². The van der Waals surface area contributed by atoms with Crippen molar-refractivity contribution < 1.29 is 4.79 Å². The number of nitrogens with two attached hydrogens (primary N) is 1. The zero-order chi connectivity index (χ0) is 13.1. The SMILES string of the molecule is Nc1cc(Cl)cc(C(=O)Cc2ccc(Br)cn2)c1. The van der Waals surface area contributed by atoms with Gasteiger partial charge >= 0.3 is 0 Å². The summed E-state index contributed by atoms with van der Waals surface area (Å²) in [6.45, 7) is 0. The maximum absolute atomic E-state index is 12.0. The van der Waals surface area contributed by atoms with Gasteiger partial charge in [-0.05, 0) is 46.3 Å². The number of hydrogen-bond acceptors (Lipinski definition) is 3. The van der Waals surface area contributed by atoms with Crippen LogP contribution in [0.3, 0.4) is 0 Å². The Balaban J connectivity index is 2.19. The summed E-state index contributed by atoms with van der Waals surface area (Å²) in [6.07, 6.45) is 1.89. The van der Waals surface area contributed by atoms with E-state index in [1.807, 2.05) is 6.07 Å². The van der Waals surface area contributed by atoms with Gasteiger partial charge in [-0.1, -0.05) is 11.6 Å². The fourth-order valence-corrected chi connectivity index (χ4v) is 2.03. The van der Waals surface area contributed by atoms with Crippen LogP contribution in [0.2, 0.25) is 5.02 Å². The lowest BCUT2D eigenvalue weighted by atomic mass is 10.1. The Morgan fingerprint density at radius 2 is 2.11 bits per heavy atom. The molecule has 0 radical (unpaired) electrons. The van der Waals surface area contributed by atoms with Crippen LogP contribution in [0.15, 0.2) is 41.0 Å². The number of pyridine rings is 1. The molecule has 5 heteroatoms. The third kappa shape index (κ3) is 3.31. The molecule has 0 saturated carbocycles. The first-order valence-corrected chi connectivity index (χ1v) is 6.41. The first-order chi connectivity index (χ1) is 8.54. The van der Waals surface area contributed by atoms with Gasteiger partial charge in [-0.2, -0.15) is 0 Å². The Bertz CT molecular complexity index is 564. The van der Waals surface area contributed by atoms with Crippen molar-refractivity contribution in [2.24, 2.45) is 0 Å². The first kappa shape index (κ1) is 13.1. The summed E-state index contributed by atoms with van der Waals surface area (Å²) in [5.41, 5.74) is 7.35. The molecule has 0 unspecified atom stereocenters. The number of anilines is 1. The van der Waals surface area contributed by atoms with E-state index in [0.29, 0.717) is 22.0 Å². The fraction of sp³-hybridized carbons (Fsp3) is 0.0769. The van der Waals surface area contributed by atoms with Crippen LogP contribution < -0.4 is 5.73 Å². The average molecular weight is 326 g/mol. The molecule has 1 heterocycles. The highest BCUT2D eigenvalue weighted by atomic mass is 79.9. The van der Waals surface area contributed by atoms with Crippen LogP contribution >= 0.6 is 27.5 Å². The number of carbonyl (C=O) groups is 1. The van der Waals surface area contributed by atoms with Gasteiger partial charge in [-0.3, -0.25) is 9.78 Å². The van der Waals surface area contributed by atoms with E-state index >= 15 is 0 Å². The maximum atomic E-state index is 12.0. The molecule has 3 nitrogen and oxygen atoms in total. The van der Waals surface area contributed by atoms with Crippen LogP contribution in [0.4, 0.5) is 5.69 Å². The van der Waals surface area contributed by atoms with Crippen LogP contribution in [0, 0.1) is 0 Å². The molecule has 0 aliphatic heterocycles. The first-order valence-electron chi connectivity index (χ1n) is 5.24. The molecule has 0 bridgehead atoms. The molecule has 0 amide bonds. The predicted octanol–water partition coefficient (Wildman–Crippen LogP) is 3.51. The van der Waals surface area contributed by atoms with Crippen molar-refractivity contribution in [3.8, 4) is 0 Å². The van der Waals surface area contributed by atoms with Crippen LogP contribution in [-0.2, 0) is 6.42 Å². The Kier molecular flexibility index (Phi) is 3.99. The second kappa shape index (κ2) is 5.50. The molecule has 0 aliphatic rings. The number of nitrogen functional groups attached to an aromatic ring is 1. The normalized spacial score (nSPS) is 10.3. The molecule has 92 valence electrons. The number of nitrogens with zero attached hydrogens (tertiary/aromatic N) is 1. The minimum absolute atomic E-state index is 0.0565. The van der Waals surface area contributed by atoms with Gasteiger partial charge in [0.25, 0.3) is 0 Å². The topological polar surface area (TPSA) is 56.0 Å². The summed E-state index contributed by atoms with van der Waals surface area (Å²) in [7, 11) is 0. The average Bonchev–Trinajstić information content (AvgIpc) is 2.31. The monoisotopic (exact) mass is 324 g/mol. The van der Waals surface area contributed by atoms with Crippen LogP contribution in [-0.4, -0.2) is 10.8 Å². The molecule has 0 saturated heterocycles. The molecule has 0 aliphatic carbocycles. The summed E-state index contributed by atoms with van der Waals surface area (Å²) in [5, 5.41) is 0.460. The fourth-order valence-electron chi connectivity index (χ4n) is 1.55. The highest BCUT2D eigenvalue weighted by Crippen LogP contribution is 2.18. The smallest absolute Gasteiger partial charge is 0.168 e. The summed E-state index contributed by atoms with van der Waals surface area (Å²) >= 11 is 9.16. The third-order valence-electron chi connectivity index (χ3n) is 2.37. The lowest BCUT2D eigenvalue weighted by Gasteiger charge is -2.03. The molecule has 0 spiro atoms. The van der Waals surface area contributed by atoms with Crippen LogP contribution in [0.5, 0.6) is 0 Å². The maximum Gasteiger partial charge on any atom is 0.168 e. The van der Waals surface area contributed by atoms with Gasteiger partial charge in [0, 0.05) is 32.6 Å². The van der Waals surface area contributed by atoms with Gasteiger partial charge in [0.1, 0.15) is 0 Å². The summed E-state index contributed by atoms with van der Waals surface area (Å²) in [4.78, 5) is 16.2. The van der Waals surface area contributed by atoms with E-state index in [2.05, 4.69) is 20.9 Å². The number of hydrogen-bond donors (Lipinski definition) is 1. The number of Topliss-reactive ketones (excluding diaryl/α,β-unsaturated/α-hetero) is 1. The molecular weight excluding hydrogens is 316 g/mol. The Morgan fingerprint density at radius 1 is 1.33 bits per heavy atom. The summed E-state index contributed by atoms with van der Waals surface area (Å²) in [6, 6.07) is 8.49. The quantitative estimate of drug-likeness (QED) is 0.694. The molecular formula is C13H10BrClN2O. The molecule has 1 aromatic carbocycles. The van der Waals surface area contributed by atoms with Crippen LogP contribution in [0.1, 0.15) is 16.1 Å². The third-order valence-corrected chi connectivity index (χ3v) is 3.06. The minimum atomic E-state index is -0.0565. The molecule has 1 aromatic heterocycles. The molecule has 0 fully saturated rings. The van der Waals surface area contributed by atoms with Gasteiger partial charge in [-0.15, -0.1) is 0 Å². The zero-order valence-corrected chi connectivity index (χ0v) is 11.7. The Morgan fingerprint density at radius 3 is 2.72 bits per heavy atom. The number of halogens is 2. The lowest BCUT2D eigenvalue weighted by Crippen LogP contribution is -2.05. The molecule has 18 heavy (non-hydrogen) atoms. The highest BCUT2D eigenvalue weighted by Gasteiger charge is 2.09. The van der Waals surface area contributed by atoms with Crippen molar-refractivity contribution in [3.05, 3.63) is 57.3 Å².